The Morgan fingerprint density at radius 1 is 1.13 bits per heavy atom. The Hall–Kier alpha value is -1.95. The smallest absolute Gasteiger partial charge is 0.228 e. The van der Waals surface area contributed by atoms with Crippen molar-refractivity contribution < 1.29 is 14.0 Å². The molecule has 2 amide bonds. The van der Waals surface area contributed by atoms with E-state index < -0.39 is 5.41 Å². The highest BCUT2D eigenvalue weighted by Crippen LogP contribution is 2.43. The molecular formula is C25H36FN3O2. The molecule has 5 nitrogen and oxygen atoms in total. The van der Waals surface area contributed by atoms with E-state index in [1.54, 1.807) is 6.07 Å². The number of hydrogen-bond acceptors (Lipinski definition) is 3. The van der Waals surface area contributed by atoms with Crippen LogP contribution in [0.5, 0.6) is 0 Å². The Balaban J connectivity index is 1.49. The second-order valence-corrected chi connectivity index (χ2v) is 9.99. The lowest BCUT2D eigenvalue weighted by Gasteiger charge is -2.41. The number of amides is 2. The molecule has 1 saturated heterocycles. The third kappa shape index (κ3) is 4.23. The average Bonchev–Trinajstić information content (AvgIpc) is 3.43. The van der Waals surface area contributed by atoms with Crippen LogP contribution in [0.15, 0.2) is 12.1 Å². The van der Waals surface area contributed by atoms with Gasteiger partial charge in [-0.05, 0) is 68.4 Å². The van der Waals surface area contributed by atoms with Crippen molar-refractivity contribution in [3.63, 3.8) is 0 Å². The van der Waals surface area contributed by atoms with Gasteiger partial charge in [0.1, 0.15) is 5.82 Å². The normalized spacial score (nSPS) is 24.6. The fourth-order valence-electron chi connectivity index (χ4n) is 6.18. The largest absolute Gasteiger partial charge is 0.369 e. The van der Waals surface area contributed by atoms with Gasteiger partial charge in [-0.25, -0.2) is 4.39 Å². The number of carbonyl (C=O) groups excluding carboxylic acids is 2. The molecule has 2 aliphatic carbocycles. The molecule has 3 fully saturated rings. The van der Waals surface area contributed by atoms with Gasteiger partial charge in [-0.2, -0.15) is 0 Å². The van der Waals surface area contributed by atoms with Crippen molar-refractivity contribution in [3.05, 3.63) is 34.6 Å². The number of carbonyl (C=O) groups is 2. The van der Waals surface area contributed by atoms with Crippen molar-refractivity contribution in [2.75, 3.05) is 19.6 Å². The van der Waals surface area contributed by atoms with Crippen LogP contribution < -0.4 is 5.73 Å². The molecule has 0 radical (unpaired) electrons. The topological polar surface area (TPSA) is 66.6 Å². The van der Waals surface area contributed by atoms with Crippen LogP contribution >= 0.6 is 0 Å². The van der Waals surface area contributed by atoms with Crippen molar-refractivity contribution in [1.29, 1.82) is 0 Å². The molecular weight excluding hydrogens is 393 g/mol. The molecule has 0 aromatic heterocycles. The molecule has 2 N–H and O–H groups in total. The number of primary amides is 1. The fourth-order valence-corrected chi connectivity index (χ4v) is 6.18. The second-order valence-electron chi connectivity index (χ2n) is 9.99. The molecule has 1 unspecified atom stereocenters. The van der Waals surface area contributed by atoms with Crippen LogP contribution in [-0.4, -0.2) is 47.3 Å². The van der Waals surface area contributed by atoms with Crippen LogP contribution in [0.4, 0.5) is 4.39 Å². The minimum Gasteiger partial charge on any atom is -0.369 e. The van der Waals surface area contributed by atoms with Gasteiger partial charge in [-0.1, -0.05) is 25.7 Å². The van der Waals surface area contributed by atoms with E-state index in [2.05, 4.69) is 16.7 Å². The molecule has 2 saturated carbocycles. The zero-order chi connectivity index (χ0) is 22.2. The summed E-state index contributed by atoms with van der Waals surface area (Å²) in [6.07, 6.45) is 7.68. The SMILES string of the molecule is Cc1c(CN2CCN(C(=O)C3CCCC3)C(C)C2)cc(F)cc1C1(C(N)=O)CCCC1. The zero-order valence-corrected chi connectivity index (χ0v) is 19.0. The summed E-state index contributed by atoms with van der Waals surface area (Å²) >= 11 is 0. The maximum Gasteiger partial charge on any atom is 0.228 e. The van der Waals surface area contributed by atoms with Crippen molar-refractivity contribution in [1.82, 2.24) is 9.80 Å². The number of benzene rings is 1. The van der Waals surface area contributed by atoms with E-state index in [4.69, 9.17) is 5.73 Å². The Morgan fingerprint density at radius 2 is 1.81 bits per heavy atom. The van der Waals surface area contributed by atoms with Gasteiger partial charge in [-0.15, -0.1) is 0 Å². The molecule has 3 aliphatic rings. The Kier molecular flexibility index (Phi) is 6.38. The number of nitrogens with zero attached hydrogens (tertiary/aromatic N) is 2. The van der Waals surface area contributed by atoms with E-state index in [0.29, 0.717) is 25.3 Å². The summed E-state index contributed by atoms with van der Waals surface area (Å²) in [4.78, 5) is 29.6. The first-order valence-electron chi connectivity index (χ1n) is 11.9. The van der Waals surface area contributed by atoms with E-state index in [-0.39, 0.29) is 23.7 Å². The first-order chi connectivity index (χ1) is 14.8. The van der Waals surface area contributed by atoms with E-state index in [1.165, 1.54) is 18.9 Å². The fraction of sp³-hybridized carbons (Fsp3) is 0.680. The van der Waals surface area contributed by atoms with Crippen LogP contribution in [0, 0.1) is 18.7 Å². The van der Waals surface area contributed by atoms with Gasteiger partial charge in [0.25, 0.3) is 0 Å². The standard InChI is InChI=1S/C25H36FN3O2/c1-17-15-28(11-12-29(17)23(30)19-7-3-4-8-19)16-20-13-21(26)14-22(18(20)2)25(24(27)31)9-5-6-10-25/h13-14,17,19H,3-12,15-16H2,1-2H3,(H2,27,31). The summed E-state index contributed by atoms with van der Waals surface area (Å²) < 4.78 is 14.6. The molecule has 1 aliphatic heterocycles. The number of halogens is 1. The first kappa shape index (κ1) is 22.3. The Morgan fingerprint density at radius 3 is 2.42 bits per heavy atom. The lowest BCUT2D eigenvalue weighted by Crippen LogP contribution is -2.54. The second kappa shape index (κ2) is 8.89. The highest BCUT2D eigenvalue weighted by Gasteiger charge is 2.43. The van der Waals surface area contributed by atoms with Gasteiger partial charge in [-0.3, -0.25) is 14.5 Å². The molecule has 1 aromatic rings. The predicted molar refractivity (Wildman–Crippen MR) is 119 cm³/mol. The minimum absolute atomic E-state index is 0.155. The van der Waals surface area contributed by atoms with Gasteiger partial charge >= 0.3 is 0 Å². The Bertz CT molecular complexity index is 843. The van der Waals surface area contributed by atoms with Crippen LogP contribution in [0.25, 0.3) is 0 Å². The third-order valence-corrected chi connectivity index (χ3v) is 8.02. The highest BCUT2D eigenvalue weighted by molar-refractivity contribution is 5.87. The number of nitrogens with two attached hydrogens (primary N) is 1. The Labute approximate surface area is 185 Å². The summed E-state index contributed by atoms with van der Waals surface area (Å²) in [5, 5.41) is 0. The minimum atomic E-state index is -0.735. The van der Waals surface area contributed by atoms with Gasteiger partial charge < -0.3 is 10.6 Å². The molecule has 170 valence electrons. The summed E-state index contributed by atoms with van der Waals surface area (Å²) in [5.41, 5.74) is 7.77. The number of rotatable bonds is 5. The summed E-state index contributed by atoms with van der Waals surface area (Å²) in [5.74, 6) is -0.111. The molecule has 4 rings (SSSR count). The van der Waals surface area contributed by atoms with Gasteiger partial charge in [0.05, 0.1) is 5.41 Å². The number of piperazine rings is 1. The lowest BCUT2D eigenvalue weighted by molar-refractivity contribution is -0.140. The van der Waals surface area contributed by atoms with Crippen LogP contribution in [0.3, 0.4) is 0 Å². The molecule has 6 heteroatoms. The van der Waals surface area contributed by atoms with Gasteiger partial charge in [0.2, 0.25) is 11.8 Å². The zero-order valence-electron chi connectivity index (χ0n) is 19.0. The van der Waals surface area contributed by atoms with Crippen molar-refractivity contribution in [3.8, 4) is 0 Å². The van der Waals surface area contributed by atoms with Crippen LogP contribution in [-0.2, 0) is 21.5 Å². The van der Waals surface area contributed by atoms with E-state index in [9.17, 15) is 14.0 Å². The lowest BCUT2D eigenvalue weighted by atomic mass is 9.75. The summed E-state index contributed by atoms with van der Waals surface area (Å²) in [7, 11) is 0. The van der Waals surface area contributed by atoms with E-state index >= 15 is 0 Å². The van der Waals surface area contributed by atoms with E-state index in [1.807, 2.05) is 6.92 Å². The average molecular weight is 430 g/mol. The molecule has 0 bridgehead atoms. The summed E-state index contributed by atoms with van der Waals surface area (Å²) in [6, 6.07) is 3.28. The van der Waals surface area contributed by atoms with Gasteiger partial charge in [0.15, 0.2) is 0 Å². The van der Waals surface area contributed by atoms with Crippen LogP contribution in [0.1, 0.15) is 75.0 Å². The van der Waals surface area contributed by atoms with Crippen molar-refractivity contribution in [2.24, 2.45) is 11.7 Å². The maximum absolute atomic E-state index is 14.6. The molecule has 31 heavy (non-hydrogen) atoms. The predicted octanol–water partition coefficient (Wildman–Crippen LogP) is 3.65. The molecule has 1 aromatic carbocycles. The van der Waals surface area contributed by atoms with Gasteiger partial charge in [0, 0.05) is 38.1 Å². The number of hydrogen-bond donors (Lipinski definition) is 1. The monoisotopic (exact) mass is 429 g/mol. The first-order valence-corrected chi connectivity index (χ1v) is 11.9. The molecule has 1 heterocycles. The molecule has 0 spiro atoms. The van der Waals surface area contributed by atoms with Crippen molar-refractivity contribution >= 4 is 11.8 Å². The molecule has 1 atom stereocenters. The third-order valence-electron chi connectivity index (χ3n) is 8.02. The summed E-state index contributed by atoms with van der Waals surface area (Å²) in [6.45, 7) is 7.03. The maximum atomic E-state index is 14.6. The van der Waals surface area contributed by atoms with Crippen molar-refractivity contribution in [2.45, 2.75) is 83.2 Å². The quantitative estimate of drug-likeness (QED) is 0.777. The van der Waals surface area contributed by atoms with E-state index in [0.717, 1.165) is 62.0 Å². The highest BCUT2D eigenvalue weighted by atomic mass is 19.1. The van der Waals surface area contributed by atoms with Crippen LogP contribution in [0.2, 0.25) is 0 Å².